The summed E-state index contributed by atoms with van der Waals surface area (Å²) in [6.07, 6.45) is 3.58. The number of carbonyl (C=O) groups excluding carboxylic acids is 3. The summed E-state index contributed by atoms with van der Waals surface area (Å²) >= 11 is 0. The van der Waals surface area contributed by atoms with Crippen LogP contribution in [0.25, 0.3) is 0 Å². The molecule has 0 aliphatic carbocycles. The summed E-state index contributed by atoms with van der Waals surface area (Å²) in [4.78, 5) is 38.9. The van der Waals surface area contributed by atoms with Gasteiger partial charge in [-0.3, -0.25) is 9.59 Å². The van der Waals surface area contributed by atoms with Crippen molar-refractivity contribution in [1.29, 1.82) is 0 Å². The van der Waals surface area contributed by atoms with Crippen LogP contribution in [-0.2, 0) is 12.8 Å². The molecule has 0 saturated carbocycles. The van der Waals surface area contributed by atoms with E-state index in [1.54, 1.807) is 42.5 Å². The average Bonchev–Trinajstić information content (AvgIpc) is 2.90. The fourth-order valence-corrected chi connectivity index (χ4v) is 4.94. The van der Waals surface area contributed by atoms with Crippen LogP contribution in [0.15, 0.2) is 66.7 Å². The highest BCUT2D eigenvalue weighted by atomic mass is 19.1. The van der Waals surface area contributed by atoms with E-state index >= 15 is 0 Å². The lowest BCUT2D eigenvalue weighted by molar-refractivity contribution is 0.0995. The van der Waals surface area contributed by atoms with E-state index in [9.17, 15) is 18.8 Å². The van der Waals surface area contributed by atoms with Crippen LogP contribution in [0.3, 0.4) is 0 Å². The van der Waals surface area contributed by atoms with E-state index in [-0.39, 0.29) is 11.6 Å². The fraction of sp³-hybridized carbons (Fsp3) is 0.300. The van der Waals surface area contributed by atoms with Crippen molar-refractivity contribution < 1.29 is 18.8 Å². The molecule has 1 aliphatic heterocycles. The van der Waals surface area contributed by atoms with Gasteiger partial charge in [-0.2, -0.15) is 0 Å². The quantitative estimate of drug-likeness (QED) is 0.337. The molecule has 0 spiro atoms. The zero-order valence-corrected chi connectivity index (χ0v) is 21.5. The van der Waals surface area contributed by atoms with E-state index in [4.69, 9.17) is 5.73 Å². The number of primary amides is 1. The number of hydrogen-bond acceptors (Lipinski definition) is 4. The number of hydrogen-bond donors (Lipinski definition) is 3. The average molecular weight is 517 g/mol. The number of amides is 3. The summed E-state index contributed by atoms with van der Waals surface area (Å²) in [6.45, 7) is 4.06. The van der Waals surface area contributed by atoms with Crippen LogP contribution in [0, 0.1) is 11.7 Å². The van der Waals surface area contributed by atoms with Crippen LogP contribution in [0.4, 0.5) is 20.6 Å². The topological polar surface area (TPSA) is 105 Å². The number of piperidine rings is 1. The first kappa shape index (κ1) is 27.0. The molecule has 3 aromatic rings. The Hall–Kier alpha value is -4.04. The summed E-state index contributed by atoms with van der Waals surface area (Å²) in [5.74, 6) is -0.299. The van der Waals surface area contributed by atoms with Gasteiger partial charge in [-0.15, -0.1) is 0 Å². The molecule has 1 heterocycles. The van der Waals surface area contributed by atoms with Gasteiger partial charge < -0.3 is 21.3 Å². The minimum atomic E-state index is -0.545. The summed E-state index contributed by atoms with van der Waals surface area (Å²) in [7, 11) is 0. The lowest BCUT2D eigenvalue weighted by Gasteiger charge is -2.32. The number of nitrogens with one attached hydrogen (secondary N) is 2. The van der Waals surface area contributed by atoms with E-state index in [1.165, 1.54) is 19.1 Å². The Labute approximate surface area is 222 Å². The molecule has 0 aromatic heterocycles. The molecule has 198 valence electrons. The highest BCUT2D eigenvalue weighted by molar-refractivity contribution is 6.03. The van der Waals surface area contributed by atoms with Crippen LogP contribution in [-0.4, -0.2) is 42.3 Å². The molecule has 8 heteroatoms. The Bertz CT molecular complexity index is 1300. The van der Waals surface area contributed by atoms with Crippen molar-refractivity contribution in [2.75, 3.05) is 30.3 Å². The van der Waals surface area contributed by atoms with Crippen molar-refractivity contribution in [3.05, 3.63) is 94.8 Å². The second-order valence-corrected chi connectivity index (χ2v) is 9.78. The minimum absolute atomic E-state index is 0.0926. The van der Waals surface area contributed by atoms with Gasteiger partial charge in [0.05, 0.1) is 0 Å². The number of nitrogens with zero attached hydrogens (tertiary/aromatic N) is 1. The Morgan fingerprint density at radius 2 is 1.68 bits per heavy atom. The minimum Gasteiger partial charge on any atom is -0.366 e. The van der Waals surface area contributed by atoms with Gasteiger partial charge in [-0.1, -0.05) is 30.3 Å². The monoisotopic (exact) mass is 516 g/mol. The predicted molar refractivity (Wildman–Crippen MR) is 147 cm³/mol. The molecule has 1 aliphatic rings. The molecule has 4 N–H and O–H groups in total. The lowest BCUT2D eigenvalue weighted by Crippen LogP contribution is -2.36. The van der Waals surface area contributed by atoms with E-state index in [0.717, 1.165) is 44.5 Å². The summed E-state index contributed by atoms with van der Waals surface area (Å²) in [5, 5.41) is 5.59. The van der Waals surface area contributed by atoms with Crippen molar-refractivity contribution in [2.45, 2.75) is 32.6 Å². The third kappa shape index (κ3) is 7.26. The molecule has 3 aromatic carbocycles. The second-order valence-electron chi connectivity index (χ2n) is 9.78. The van der Waals surface area contributed by atoms with Gasteiger partial charge in [0.15, 0.2) is 5.78 Å². The molecule has 7 nitrogen and oxygen atoms in total. The number of anilines is 2. The van der Waals surface area contributed by atoms with Crippen molar-refractivity contribution >= 4 is 29.1 Å². The maximum absolute atomic E-state index is 13.2. The normalized spacial score (nSPS) is 14.2. The molecular formula is C30H33FN4O3. The van der Waals surface area contributed by atoms with Gasteiger partial charge >= 0.3 is 6.03 Å². The molecule has 0 radical (unpaired) electrons. The third-order valence-corrected chi connectivity index (χ3v) is 7.04. The van der Waals surface area contributed by atoms with Crippen molar-refractivity contribution in [2.24, 2.45) is 11.7 Å². The number of ketones is 1. The van der Waals surface area contributed by atoms with Crippen LogP contribution in [0.1, 0.15) is 51.6 Å². The summed E-state index contributed by atoms with van der Waals surface area (Å²) in [6, 6.07) is 18.1. The van der Waals surface area contributed by atoms with Gasteiger partial charge in [-0.05, 0) is 99.1 Å². The van der Waals surface area contributed by atoms with Crippen molar-refractivity contribution in [3.63, 3.8) is 0 Å². The molecule has 3 amide bonds. The molecule has 0 bridgehead atoms. The second kappa shape index (κ2) is 12.5. The largest absolute Gasteiger partial charge is 0.366 e. The third-order valence-electron chi connectivity index (χ3n) is 7.04. The molecule has 38 heavy (non-hydrogen) atoms. The first-order chi connectivity index (χ1) is 18.3. The van der Waals surface area contributed by atoms with E-state index in [2.05, 4.69) is 15.5 Å². The number of urea groups is 1. The smallest absolute Gasteiger partial charge is 0.323 e. The van der Waals surface area contributed by atoms with E-state index in [1.807, 2.05) is 12.1 Å². The zero-order valence-electron chi connectivity index (χ0n) is 21.5. The molecule has 1 saturated heterocycles. The maximum atomic E-state index is 13.2. The van der Waals surface area contributed by atoms with Gasteiger partial charge in [0.1, 0.15) is 5.82 Å². The maximum Gasteiger partial charge on any atom is 0.323 e. The van der Waals surface area contributed by atoms with Crippen LogP contribution >= 0.6 is 0 Å². The van der Waals surface area contributed by atoms with Crippen molar-refractivity contribution in [3.8, 4) is 0 Å². The Kier molecular flexibility index (Phi) is 8.86. The molecular weight excluding hydrogens is 483 g/mol. The predicted octanol–water partition coefficient (Wildman–Crippen LogP) is 5.27. The Morgan fingerprint density at radius 3 is 2.37 bits per heavy atom. The number of likely N-dealkylation sites (tertiary alicyclic amines) is 1. The first-order valence-corrected chi connectivity index (χ1v) is 12.9. The highest BCUT2D eigenvalue weighted by Crippen LogP contribution is 2.25. The van der Waals surface area contributed by atoms with Crippen LogP contribution in [0.2, 0.25) is 0 Å². The number of rotatable bonds is 9. The van der Waals surface area contributed by atoms with Crippen LogP contribution < -0.4 is 16.4 Å². The highest BCUT2D eigenvalue weighted by Gasteiger charge is 2.21. The summed E-state index contributed by atoms with van der Waals surface area (Å²) in [5.41, 5.74) is 9.40. The number of halogens is 1. The molecule has 4 rings (SSSR count). The van der Waals surface area contributed by atoms with Gasteiger partial charge in [-0.25, -0.2) is 9.18 Å². The van der Waals surface area contributed by atoms with Crippen molar-refractivity contribution in [1.82, 2.24) is 4.90 Å². The SMILES string of the molecule is CC(=O)c1cccc(NC(=O)Nc2cccc(C(N)=O)c2CCN2CCC(Cc3ccc(F)cc3)CC2)c1. The summed E-state index contributed by atoms with van der Waals surface area (Å²) < 4.78 is 13.2. The standard InChI is InChI=1S/C30H33FN4O3/c1-20(36)23-4-2-5-25(19-23)33-30(38)34-28-7-3-6-27(29(32)37)26(28)14-17-35-15-12-22(13-16-35)18-21-8-10-24(31)11-9-21/h2-11,19,22H,12-18H2,1H3,(H2,32,37)(H2,33,34,38). The van der Waals surface area contributed by atoms with E-state index in [0.29, 0.717) is 40.4 Å². The zero-order chi connectivity index (χ0) is 27.1. The first-order valence-electron chi connectivity index (χ1n) is 12.9. The Morgan fingerprint density at radius 1 is 0.974 bits per heavy atom. The fourth-order valence-electron chi connectivity index (χ4n) is 4.94. The van der Waals surface area contributed by atoms with Crippen LogP contribution in [0.5, 0.6) is 0 Å². The molecule has 0 unspecified atom stereocenters. The van der Waals surface area contributed by atoms with Gasteiger partial charge in [0.2, 0.25) is 5.91 Å². The molecule has 0 atom stereocenters. The number of benzene rings is 3. The van der Waals surface area contributed by atoms with Gasteiger partial charge in [0.25, 0.3) is 0 Å². The number of Topliss-reactive ketones (excluding diaryl/α,β-unsaturated/α-hetero) is 1. The Balaban J connectivity index is 1.37. The van der Waals surface area contributed by atoms with E-state index < -0.39 is 11.9 Å². The number of carbonyl (C=O) groups is 3. The lowest BCUT2D eigenvalue weighted by atomic mass is 9.90. The molecule has 1 fully saturated rings. The van der Waals surface area contributed by atoms with Gasteiger partial charge in [0, 0.05) is 29.0 Å². The number of nitrogens with two attached hydrogens (primary N) is 1.